The standard InChI is InChI=1S/C49H94O6/c1-6-8-9-10-11-12-18-26-31-36-41-49(52)55-46(43-54-48(51)40-35-30-25-21-20-23-28-33-38-45(5)7-2)42-53-47(50)39-34-29-24-19-16-14-13-15-17-22-27-32-37-44(3)4/h44-46H,6-43H2,1-5H3/t45?,46-/m1/s1. The summed E-state index contributed by atoms with van der Waals surface area (Å²) in [6, 6.07) is 0. The molecule has 0 radical (unpaired) electrons. The summed E-state index contributed by atoms with van der Waals surface area (Å²) >= 11 is 0. The topological polar surface area (TPSA) is 78.9 Å². The normalized spacial score (nSPS) is 12.5. The molecule has 0 N–H and O–H groups in total. The van der Waals surface area contributed by atoms with E-state index in [1.807, 2.05) is 0 Å². The van der Waals surface area contributed by atoms with Gasteiger partial charge in [0.25, 0.3) is 0 Å². The zero-order valence-electron chi connectivity index (χ0n) is 37.6. The van der Waals surface area contributed by atoms with Gasteiger partial charge in [-0.15, -0.1) is 0 Å². The number of rotatable bonds is 43. The smallest absolute Gasteiger partial charge is 0.306 e. The largest absolute Gasteiger partial charge is 0.462 e. The van der Waals surface area contributed by atoms with E-state index < -0.39 is 6.10 Å². The lowest BCUT2D eigenvalue weighted by molar-refractivity contribution is -0.167. The minimum atomic E-state index is -0.760. The number of hydrogen-bond acceptors (Lipinski definition) is 6. The first kappa shape index (κ1) is 53.4. The quantitative estimate of drug-likeness (QED) is 0.0348. The van der Waals surface area contributed by atoms with Gasteiger partial charge in [0.2, 0.25) is 0 Å². The molecule has 6 heteroatoms. The van der Waals surface area contributed by atoms with Crippen LogP contribution in [0.5, 0.6) is 0 Å². The van der Waals surface area contributed by atoms with Gasteiger partial charge in [0.05, 0.1) is 0 Å². The lowest BCUT2D eigenvalue weighted by atomic mass is 9.99. The van der Waals surface area contributed by atoms with Crippen LogP contribution in [-0.2, 0) is 28.6 Å². The summed E-state index contributed by atoms with van der Waals surface area (Å²) in [5.41, 5.74) is 0. The van der Waals surface area contributed by atoms with Crippen molar-refractivity contribution in [2.24, 2.45) is 11.8 Å². The third-order valence-electron chi connectivity index (χ3n) is 11.3. The highest BCUT2D eigenvalue weighted by molar-refractivity contribution is 5.71. The maximum absolute atomic E-state index is 12.7. The molecule has 0 saturated heterocycles. The predicted molar refractivity (Wildman–Crippen MR) is 233 cm³/mol. The molecule has 0 aliphatic rings. The number of carbonyl (C=O) groups excluding carboxylic acids is 3. The molecule has 326 valence electrons. The maximum Gasteiger partial charge on any atom is 0.306 e. The Kier molecular flexibility index (Phi) is 40.8. The Hall–Kier alpha value is -1.59. The van der Waals surface area contributed by atoms with Crippen molar-refractivity contribution in [3.63, 3.8) is 0 Å². The molecule has 0 fully saturated rings. The molecule has 0 aromatic heterocycles. The highest BCUT2D eigenvalue weighted by Gasteiger charge is 2.19. The second kappa shape index (κ2) is 42.0. The summed E-state index contributed by atoms with van der Waals surface area (Å²) in [7, 11) is 0. The van der Waals surface area contributed by atoms with E-state index in [0.717, 1.165) is 69.6 Å². The Balaban J connectivity index is 4.30. The summed E-state index contributed by atoms with van der Waals surface area (Å²) in [4.78, 5) is 37.8. The van der Waals surface area contributed by atoms with Crippen LogP contribution in [0.1, 0.15) is 266 Å². The molecule has 0 aromatic carbocycles. The third-order valence-corrected chi connectivity index (χ3v) is 11.3. The first-order valence-electron chi connectivity index (χ1n) is 24.3. The molecule has 0 amide bonds. The Morgan fingerprint density at radius 2 is 0.691 bits per heavy atom. The average Bonchev–Trinajstić information content (AvgIpc) is 3.17. The fourth-order valence-electron chi connectivity index (χ4n) is 7.25. The Morgan fingerprint density at radius 1 is 0.382 bits per heavy atom. The van der Waals surface area contributed by atoms with Crippen LogP contribution in [0.4, 0.5) is 0 Å². The highest BCUT2D eigenvalue weighted by Crippen LogP contribution is 2.17. The molecule has 2 atom stereocenters. The van der Waals surface area contributed by atoms with Crippen molar-refractivity contribution in [1.29, 1.82) is 0 Å². The number of carbonyl (C=O) groups is 3. The number of hydrogen-bond donors (Lipinski definition) is 0. The lowest BCUT2D eigenvalue weighted by Crippen LogP contribution is -2.30. The van der Waals surface area contributed by atoms with Gasteiger partial charge in [0.15, 0.2) is 6.10 Å². The fraction of sp³-hybridized carbons (Fsp3) is 0.939. The predicted octanol–water partition coefficient (Wildman–Crippen LogP) is 15.4. The molecule has 0 rings (SSSR count). The molecule has 0 bridgehead atoms. The van der Waals surface area contributed by atoms with Crippen LogP contribution in [0.25, 0.3) is 0 Å². The van der Waals surface area contributed by atoms with E-state index in [9.17, 15) is 14.4 Å². The summed E-state index contributed by atoms with van der Waals surface area (Å²) in [6.45, 7) is 11.4. The van der Waals surface area contributed by atoms with Gasteiger partial charge in [-0.3, -0.25) is 14.4 Å². The molecule has 6 nitrogen and oxygen atoms in total. The Morgan fingerprint density at radius 3 is 1.04 bits per heavy atom. The van der Waals surface area contributed by atoms with Crippen LogP contribution < -0.4 is 0 Å². The Labute approximate surface area is 342 Å². The summed E-state index contributed by atoms with van der Waals surface area (Å²) in [5, 5.41) is 0. The molecule has 55 heavy (non-hydrogen) atoms. The van der Waals surface area contributed by atoms with E-state index in [1.165, 1.54) is 154 Å². The van der Waals surface area contributed by atoms with Crippen LogP contribution >= 0.6 is 0 Å². The van der Waals surface area contributed by atoms with Crippen molar-refractivity contribution < 1.29 is 28.6 Å². The van der Waals surface area contributed by atoms with Crippen molar-refractivity contribution in [2.45, 2.75) is 272 Å². The molecule has 0 aliphatic heterocycles. The number of ether oxygens (including phenoxy) is 3. The third kappa shape index (κ3) is 41.9. The van der Waals surface area contributed by atoms with Crippen molar-refractivity contribution >= 4 is 17.9 Å². The van der Waals surface area contributed by atoms with Gasteiger partial charge < -0.3 is 14.2 Å². The Bertz CT molecular complexity index is 841. The summed E-state index contributed by atoms with van der Waals surface area (Å²) in [6.07, 6.45) is 40.8. The molecular formula is C49H94O6. The minimum Gasteiger partial charge on any atom is -0.462 e. The summed E-state index contributed by atoms with van der Waals surface area (Å²) < 4.78 is 16.7. The molecule has 0 aliphatic carbocycles. The maximum atomic E-state index is 12.7. The van der Waals surface area contributed by atoms with Crippen molar-refractivity contribution in [3.05, 3.63) is 0 Å². The zero-order chi connectivity index (χ0) is 40.5. The van der Waals surface area contributed by atoms with Gasteiger partial charge in [0.1, 0.15) is 13.2 Å². The minimum absolute atomic E-state index is 0.0645. The van der Waals surface area contributed by atoms with Gasteiger partial charge in [0, 0.05) is 19.3 Å². The second-order valence-electron chi connectivity index (χ2n) is 17.5. The van der Waals surface area contributed by atoms with Crippen LogP contribution in [0.15, 0.2) is 0 Å². The van der Waals surface area contributed by atoms with Crippen LogP contribution in [0.3, 0.4) is 0 Å². The lowest BCUT2D eigenvalue weighted by Gasteiger charge is -2.18. The van der Waals surface area contributed by atoms with Crippen LogP contribution in [0, 0.1) is 11.8 Å². The van der Waals surface area contributed by atoms with Crippen LogP contribution in [0.2, 0.25) is 0 Å². The van der Waals surface area contributed by atoms with Crippen LogP contribution in [-0.4, -0.2) is 37.2 Å². The van der Waals surface area contributed by atoms with E-state index in [0.29, 0.717) is 19.3 Å². The van der Waals surface area contributed by atoms with Gasteiger partial charge in [-0.25, -0.2) is 0 Å². The van der Waals surface area contributed by atoms with Gasteiger partial charge in [-0.1, -0.05) is 227 Å². The second-order valence-corrected chi connectivity index (χ2v) is 17.5. The van der Waals surface area contributed by atoms with Gasteiger partial charge >= 0.3 is 17.9 Å². The van der Waals surface area contributed by atoms with E-state index in [1.54, 1.807) is 0 Å². The van der Waals surface area contributed by atoms with Gasteiger partial charge in [-0.2, -0.15) is 0 Å². The number of esters is 3. The fourth-order valence-corrected chi connectivity index (χ4v) is 7.25. The number of unbranched alkanes of at least 4 members (excludes halogenated alkanes) is 27. The molecule has 1 unspecified atom stereocenters. The first-order chi connectivity index (χ1) is 26.8. The van der Waals surface area contributed by atoms with E-state index >= 15 is 0 Å². The molecular weight excluding hydrogens is 685 g/mol. The monoisotopic (exact) mass is 779 g/mol. The SMILES string of the molecule is CCCCCCCCCCCCC(=O)O[C@H](COC(=O)CCCCCCCCCCCCCCC(C)C)COC(=O)CCCCCCCCCCC(C)CC. The van der Waals surface area contributed by atoms with Gasteiger partial charge in [-0.05, 0) is 31.1 Å². The first-order valence-corrected chi connectivity index (χ1v) is 24.3. The molecule has 0 aromatic rings. The summed E-state index contributed by atoms with van der Waals surface area (Å²) in [5.74, 6) is 0.827. The van der Waals surface area contributed by atoms with E-state index in [4.69, 9.17) is 14.2 Å². The van der Waals surface area contributed by atoms with Crippen molar-refractivity contribution in [2.75, 3.05) is 13.2 Å². The van der Waals surface area contributed by atoms with Crippen molar-refractivity contribution in [1.82, 2.24) is 0 Å². The van der Waals surface area contributed by atoms with E-state index in [2.05, 4.69) is 34.6 Å². The molecule has 0 saturated carbocycles. The van der Waals surface area contributed by atoms with Crippen molar-refractivity contribution in [3.8, 4) is 0 Å². The molecule has 0 spiro atoms. The zero-order valence-corrected chi connectivity index (χ0v) is 37.6. The molecule has 0 heterocycles. The van der Waals surface area contributed by atoms with E-state index in [-0.39, 0.29) is 31.1 Å². The average molecular weight is 779 g/mol. The highest BCUT2D eigenvalue weighted by atomic mass is 16.6.